The van der Waals surface area contributed by atoms with Crippen molar-refractivity contribution in [2.75, 3.05) is 0 Å². The summed E-state index contributed by atoms with van der Waals surface area (Å²) in [6.45, 7) is 0. The summed E-state index contributed by atoms with van der Waals surface area (Å²) in [5, 5.41) is 8.22. The molecule has 1 N–H and O–H groups in total. The van der Waals surface area contributed by atoms with Gasteiger partial charge in [0.15, 0.2) is 0 Å². The lowest BCUT2D eigenvalue weighted by atomic mass is 10.2. The molecule has 0 saturated heterocycles. The maximum Gasteiger partial charge on any atom is 0.113 e. The van der Waals surface area contributed by atoms with Crippen LogP contribution in [0.2, 0.25) is 0 Å². The summed E-state index contributed by atoms with van der Waals surface area (Å²) in [4.78, 5) is 0. The lowest BCUT2D eigenvalue weighted by Gasteiger charge is -1.88. The van der Waals surface area contributed by atoms with Crippen LogP contribution in [0.4, 0.5) is 0 Å². The molecule has 0 spiro atoms. The number of aliphatic hydroxyl groups excluding tert-OH is 1. The van der Waals surface area contributed by atoms with Crippen LogP contribution in [0.15, 0.2) is 28.7 Å². The largest absolute Gasteiger partial charge is 0.462 e. The van der Waals surface area contributed by atoms with E-state index in [0.29, 0.717) is 0 Å². The second-order valence-corrected chi connectivity index (χ2v) is 2.66. The Hall–Kier alpha value is -0.940. The van der Waals surface area contributed by atoms with Crippen LogP contribution in [0.1, 0.15) is 5.56 Å². The molecule has 0 aliphatic rings. The highest BCUT2D eigenvalue weighted by molar-refractivity contribution is 9.10. The van der Waals surface area contributed by atoms with Gasteiger partial charge >= 0.3 is 0 Å². The van der Waals surface area contributed by atoms with Crippen LogP contribution in [0, 0.1) is 12.0 Å². The van der Waals surface area contributed by atoms with Gasteiger partial charge in [-0.25, -0.2) is 0 Å². The van der Waals surface area contributed by atoms with Gasteiger partial charge in [0, 0.05) is 10.0 Å². The fourth-order valence-electron chi connectivity index (χ4n) is 0.598. The molecule has 10 heavy (non-hydrogen) atoms. The van der Waals surface area contributed by atoms with E-state index >= 15 is 0 Å². The minimum atomic E-state index is 0.811. The first kappa shape index (κ1) is 7.17. The molecule has 1 nitrogen and oxygen atoms in total. The summed E-state index contributed by atoms with van der Waals surface area (Å²) in [7, 11) is 0. The molecule has 50 valence electrons. The van der Waals surface area contributed by atoms with Crippen LogP contribution in [0.3, 0.4) is 0 Å². The van der Waals surface area contributed by atoms with E-state index in [4.69, 9.17) is 5.11 Å². The normalized spacial score (nSPS) is 8.10. The van der Waals surface area contributed by atoms with Gasteiger partial charge in [-0.15, -0.1) is 0 Å². The van der Waals surface area contributed by atoms with Gasteiger partial charge in [-0.1, -0.05) is 15.9 Å². The van der Waals surface area contributed by atoms with E-state index in [2.05, 4.69) is 21.9 Å². The van der Waals surface area contributed by atoms with Crippen molar-refractivity contribution in [1.29, 1.82) is 0 Å². The molecule has 0 radical (unpaired) electrons. The number of benzene rings is 1. The minimum absolute atomic E-state index is 0.811. The predicted octanol–water partition coefficient (Wildman–Crippen LogP) is 2.13. The van der Waals surface area contributed by atoms with Gasteiger partial charge < -0.3 is 5.11 Å². The average molecular weight is 197 g/mol. The fourth-order valence-corrected chi connectivity index (χ4v) is 0.862. The van der Waals surface area contributed by atoms with E-state index in [-0.39, 0.29) is 0 Å². The van der Waals surface area contributed by atoms with Crippen LogP contribution in [0.25, 0.3) is 0 Å². The first-order chi connectivity index (χ1) is 4.83. The monoisotopic (exact) mass is 196 g/mol. The lowest BCUT2D eigenvalue weighted by Crippen LogP contribution is -1.71. The number of aliphatic hydroxyl groups is 1. The summed E-state index contributed by atoms with van der Waals surface area (Å²) >= 11 is 3.29. The Bertz CT molecular complexity index is 266. The number of hydrogen-bond acceptors (Lipinski definition) is 1. The minimum Gasteiger partial charge on any atom is -0.462 e. The third kappa shape index (κ3) is 1.78. The quantitative estimate of drug-likeness (QED) is 0.631. The molecule has 0 amide bonds. The molecular formula is C8H5BrO. The zero-order chi connectivity index (χ0) is 7.40. The zero-order valence-electron chi connectivity index (χ0n) is 5.13. The van der Waals surface area contributed by atoms with E-state index < -0.39 is 0 Å². The molecule has 2 heteroatoms. The maximum absolute atomic E-state index is 8.22. The third-order valence-corrected chi connectivity index (χ3v) is 1.57. The van der Waals surface area contributed by atoms with Gasteiger partial charge in [0.05, 0.1) is 0 Å². The summed E-state index contributed by atoms with van der Waals surface area (Å²) in [5.41, 5.74) is 0.811. The van der Waals surface area contributed by atoms with Crippen LogP contribution in [-0.4, -0.2) is 5.11 Å². The Kier molecular flexibility index (Phi) is 2.35. The summed E-state index contributed by atoms with van der Waals surface area (Å²) in [6.07, 6.45) is 1.84. The second kappa shape index (κ2) is 3.28. The zero-order valence-corrected chi connectivity index (χ0v) is 6.72. The van der Waals surface area contributed by atoms with Crippen molar-refractivity contribution in [1.82, 2.24) is 0 Å². The molecule has 0 fully saturated rings. The van der Waals surface area contributed by atoms with Gasteiger partial charge in [0.1, 0.15) is 6.11 Å². The molecule has 0 aromatic heterocycles. The molecule has 0 aliphatic heterocycles. The highest BCUT2D eigenvalue weighted by atomic mass is 79.9. The van der Waals surface area contributed by atoms with Crippen molar-refractivity contribution < 1.29 is 5.11 Å². The van der Waals surface area contributed by atoms with Gasteiger partial charge in [-0.3, -0.25) is 0 Å². The topological polar surface area (TPSA) is 20.2 Å². The number of halogens is 1. The summed E-state index contributed by atoms with van der Waals surface area (Å²) < 4.78 is 1.01. The predicted molar refractivity (Wildman–Crippen MR) is 43.0 cm³/mol. The van der Waals surface area contributed by atoms with Crippen molar-refractivity contribution in [3.8, 4) is 12.0 Å². The molecule has 0 unspecified atom stereocenters. The highest BCUT2D eigenvalue weighted by Crippen LogP contribution is 2.09. The smallest absolute Gasteiger partial charge is 0.113 e. The summed E-state index contributed by atoms with van der Waals surface area (Å²) in [6, 6.07) is 7.40. The van der Waals surface area contributed by atoms with Crippen molar-refractivity contribution in [2.24, 2.45) is 0 Å². The molecule has 0 aliphatic carbocycles. The third-order valence-electron chi connectivity index (χ3n) is 1.04. The van der Waals surface area contributed by atoms with Crippen molar-refractivity contribution >= 4 is 15.9 Å². The molecular weight excluding hydrogens is 192 g/mol. The Labute approximate surface area is 67.8 Å². The molecule has 0 heterocycles. The molecule has 1 aromatic carbocycles. The van der Waals surface area contributed by atoms with Crippen LogP contribution in [0.5, 0.6) is 0 Å². The Morgan fingerprint density at radius 2 is 1.80 bits per heavy atom. The number of rotatable bonds is 0. The second-order valence-electron chi connectivity index (χ2n) is 1.74. The van der Waals surface area contributed by atoms with Crippen LogP contribution >= 0.6 is 15.9 Å². The van der Waals surface area contributed by atoms with Crippen LogP contribution < -0.4 is 0 Å². The van der Waals surface area contributed by atoms with Crippen LogP contribution in [-0.2, 0) is 0 Å². The van der Waals surface area contributed by atoms with E-state index in [1.165, 1.54) is 0 Å². The van der Waals surface area contributed by atoms with Gasteiger partial charge in [0.2, 0.25) is 0 Å². The Morgan fingerprint density at radius 1 is 1.20 bits per heavy atom. The highest BCUT2D eigenvalue weighted by Gasteiger charge is 1.85. The standard InChI is InChI=1S/C8H5BrO/c9-8-3-1-7(2-4-8)5-6-10/h1-4,10H. The average Bonchev–Trinajstić information content (AvgIpc) is 1.95. The van der Waals surface area contributed by atoms with E-state index in [1.54, 1.807) is 0 Å². The molecule has 0 bridgehead atoms. The van der Waals surface area contributed by atoms with Crippen molar-refractivity contribution in [3.63, 3.8) is 0 Å². The molecule has 1 aromatic rings. The van der Waals surface area contributed by atoms with Gasteiger partial charge in [-0.2, -0.15) is 0 Å². The lowest BCUT2D eigenvalue weighted by molar-refractivity contribution is 0.517. The summed E-state index contributed by atoms with van der Waals surface area (Å²) in [5.74, 6) is 2.52. The van der Waals surface area contributed by atoms with E-state index in [0.717, 1.165) is 10.0 Å². The van der Waals surface area contributed by atoms with Crippen molar-refractivity contribution in [2.45, 2.75) is 0 Å². The first-order valence-corrected chi connectivity index (χ1v) is 3.53. The van der Waals surface area contributed by atoms with Gasteiger partial charge in [0.25, 0.3) is 0 Å². The SMILES string of the molecule is OC#Cc1ccc(Br)cc1. The molecule has 1 rings (SSSR count). The van der Waals surface area contributed by atoms with Crippen molar-refractivity contribution in [3.05, 3.63) is 34.3 Å². The molecule has 0 atom stereocenters. The molecule has 0 saturated carbocycles. The Morgan fingerprint density at radius 3 is 2.30 bits per heavy atom. The maximum atomic E-state index is 8.22. The van der Waals surface area contributed by atoms with E-state index in [9.17, 15) is 0 Å². The fraction of sp³-hybridized carbons (Fsp3) is 0. The Balaban J connectivity index is 2.97. The van der Waals surface area contributed by atoms with Gasteiger partial charge in [-0.05, 0) is 30.2 Å². The van der Waals surface area contributed by atoms with E-state index in [1.807, 2.05) is 30.4 Å². The first-order valence-electron chi connectivity index (χ1n) is 2.73. The number of hydrogen-bond donors (Lipinski definition) is 1.